The maximum Gasteiger partial charge on any atom is 0.303 e. The first kappa shape index (κ1) is 21.2. The minimum Gasteiger partial charge on any atom is -0.481 e. The Morgan fingerprint density at radius 2 is 1.70 bits per heavy atom. The molecule has 0 spiro atoms. The molecule has 0 bridgehead atoms. The molecule has 2 unspecified atom stereocenters. The number of carboxylic acids is 1. The highest BCUT2D eigenvalue weighted by Gasteiger charge is 2.24. The lowest BCUT2D eigenvalue weighted by atomic mass is 10.0. The third kappa shape index (κ3) is 9.78. The first-order valence-corrected chi connectivity index (χ1v) is 8.03. The van der Waals surface area contributed by atoms with Crippen molar-refractivity contribution in [3.05, 3.63) is 0 Å². The van der Waals surface area contributed by atoms with Crippen LogP contribution in [0.2, 0.25) is 0 Å². The molecule has 0 aromatic rings. The number of carbonyl (C=O) groups excluding carboxylic acids is 3. The molecule has 7 heteroatoms. The molecular weight excluding hydrogens is 300 g/mol. The normalized spacial score (nSPS) is 13.2. The number of carboxylic acid groups (broad SMARTS) is 1. The van der Waals surface area contributed by atoms with Crippen LogP contribution in [0, 0.1) is 0 Å². The van der Waals surface area contributed by atoms with Crippen LogP contribution in [-0.2, 0) is 19.2 Å². The summed E-state index contributed by atoms with van der Waals surface area (Å²) in [6.45, 7) is 3.29. The van der Waals surface area contributed by atoms with Crippen LogP contribution in [0.15, 0.2) is 0 Å². The van der Waals surface area contributed by atoms with Gasteiger partial charge in [-0.1, -0.05) is 13.3 Å². The monoisotopic (exact) mass is 328 g/mol. The van der Waals surface area contributed by atoms with Gasteiger partial charge in [0.2, 0.25) is 5.91 Å². The van der Waals surface area contributed by atoms with Crippen molar-refractivity contribution in [1.82, 2.24) is 10.6 Å². The van der Waals surface area contributed by atoms with Crippen LogP contribution in [0.25, 0.3) is 0 Å². The maximum atomic E-state index is 12.2. The van der Waals surface area contributed by atoms with Crippen molar-refractivity contribution in [1.29, 1.82) is 0 Å². The molecule has 0 saturated carbocycles. The second-order valence-electron chi connectivity index (χ2n) is 5.65. The lowest BCUT2D eigenvalue weighted by Crippen LogP contribution is -2.49. The Hall–Kier alpha value is -1.76. The summed E-state index contributed by atoms with van der Waals surface area (Å²) in [5.74, 6) is -1.43. The van der Waals surface area contributed by atoms with Gasteiger partial charge in [-0.25, -0.2) is 0 Å². The highest BCUT2D eigenvalue weighted by Crippen LogP contribution is 2.07. The predicted octanol–water partition coefficient (Wildman–Crippen LogP) is 1.05. The summed E-state index contributed by atoms with van der Waals surface area (Å²) in [6.07, 6.45) is 2.69. The summed E-state index contributed by atoms with van der Waals surface area (Å²) in [5.41, 5.74) is 0. The first-order chi connectivity index (χ1) is 10.8. The molecule has 7 nitrogen and oxygen atoms in total. The molecule has 0 aromatic heterocycles. The SMILES string of the molecule is CCCC(=O)CC(NC)C(=O)NC(CCCCC(=O)O)C(C)=O. The topological polar surface area (TPSA) is 113 Å². The molecule has 0 aromatic carbocycles. The van der Waals surface area contributed by atoms with Gasteiger partial charge in [0.25, 0.3) is 0 Å². The van der Waals surface area contributed by atoms with Crippen LogP contribution in [0.5, 0.6) is 0 Å². The van der Waals surface area contributed by atoms with E-state index in [0.29, 0.717) is 25.7 Å². The summed E-state index contributed by atoms with van der Waals surface area (Å²) in [4.78, 5) is 46.0. The number of amides is 1. The highest BCUT2D eigenvalue weighted by atomic mass is 16.4. The minimum atomic E-state index is -0.877. The van der Waals surface area contributed by atoms with Gasteiger partial charge >= 0.3 is 5.97 Å². The summed E-state index contributed by atoms with van der Waals surface area (Å²) < 4.78 is 0. The Bertz CT molecular complexity index is 423. The largest absolute Gasteiger partial charge is 0.481 e. The number of unbranched alkanes of at least 4 members (excludes halogenated alkanes) is 1. The van der Waals surface area contributed by atoms with Crippen LogP contribution in [-0.4, -0.2) is 47.7 Å². The Labute approximate surface area is 137 Å². The molecule has 132 valence electrons. The van der Waals surface area contributed by atoms with Crippen molar-refractivity contribution in [3.63, 3.8) is 0 Å². The Kier molecular flexibility index (Phi) is 10.9. The van der Waals surface area contributed by atoms with E-state index in [1.807, 2.05) is 6.92 Å². The lowest BCUT2D eigenvalue weighted by Gasteiger charge is -2.20. The molecule has 0 aliphatic heterocycles. The number of carbonyl (C=O) groups is 4. The fourth-order valence-corrected chi connectivity index (χ4v) is 2.21. The number of Topliss-reactive ketones (excluding diaryl/α,β-unsaturated/α-hetero) is 2. The van der Waals surface area contributed by atoms with Crippen molar-refractivity contribution in [2.75, 3.05) is 7.05 Å². The van der Waals surface area contributed by atoms with E-state index in [-0.39, 0.29) is 30.3 Å². The highest BCUT2D eigenvalue weighted by molar-refractivity contribution is 5.92. The molecule has 0 rings (SSSR count). The number of ketones is 2. The van der Waals surface area contributed by atoms with Gasteiger partial charge in [0, 0.05) is 19.3 Å². The molecular formula is C16H28N2O5. The average Bonchev–Trinajstić information content (AvgIpc) is 2.47. The van der Waals surface area contributed by atoms with Crippen molar-refractivity contribution in [2.45, 2.75) is 70.9 Å². The van der Waals surface area contributed by atoms with E-state index in [1.165, 1.54) is 6.92 Å². The van der Waals surface area contributed by atoms with Gasteiger partial charge in [-0.05, 0) is 33.2 Å². The molecule has 0 saturated heterocycles. The third-order valence-corrected chi connectivity index (χ3v) is 3.57. The molecule has 2 atom stereocenters. The molecule has 0 aliphatic rings. The second kappa shape index (κ2) is 11.8. The molecule has 0 heterocycles. The predicted molar refractivity (Wildman–Crippen MR) is 86.1 cm³/mol. The van der Waals surface area contributed by atoms with Gasteiger partial charge in [0.05, 0.1) is 12.1 Å². The zero-order valence-electron chi connectivity index (χ0n) is 14.2. The van der Waals surface area contributed by atoms with E-state index in [4.69, 9.17) is 5.11 Å². The fraction of sp³-hybridized carbons (Fsp3) is 0.750. The summed E-state index contributed by atoms with van der Waals surface area (Å²) >= 11 is 0. The fourth-order valence-electron chi connectivity index (χ4n) is 2.21. The quantitative estimate of drug-likeness (QED) is 0.436. The smallest absolute Gasteiger partial charge is 0.303 e. The van der Waals surface area contributed by atoms with Crippen molar-refractivity contribution < 1.29 is 24.3 Å². The molecule has 0 radical (unpaired) electrons. The zero-order chi connectivity index (χ0) is 17.8. The van der Waals surface area contributed by atoms with Crippen LogP contribution in [0.3, 0.4) is 0 Å². The van der Waals surface area contributed by atoms with Crippen molar-refractivity contribution >= 4 is 23.4 Å². The maximum absolute atomic E-state index is 12.2. The number of rotatable bonds is 13. The molecule has 0 aliphatic carbocycles. The number of likely N-dealkylation sites (N-methyl/N-ethyl adjacent to an activating group) is 1. The van der Waals surface area contributed by atoms with E-state index in [0.717, 1.165) is 6.42 Å². The van der Waals surface area contributed by atoms with Gasteiger partial charge in [-0.2, -0.15) is 0 Å². The van der Waals surface area contributed by atoms with E-state index < -0.39 is 18.1 Å². The van der Waals surface area contributed by atoms with Crippen LogP contribution in [0.1, 0.15) is 58.8 Å². The van der Waals surface area contributed by atoms with Gasteiger partial charge in [-0.15, -0.1) is 0 Å². The second-order valence-corrected chi connectivity index (χ2v) is 5.65. The first-order valence-electron chi connectivity index (χ1n) is 8.03. The summed E-state index contributed by atoms with van der Waals surface area (Å²) in [5, 5.41) is 14.0. The van der Waals surface area contributed by atoms with Gasteiger partial charge < -0.3 is 15.7 Å². The minimum absolute atomic E-state index is 0.00262. The Morgan fingerprint density at radius 1 is 1.04 bits per heavy atom. The molecule has 3 N–H and O–H groups in total. The molecule has 23 heavy (non-hydrogen) atoms. The van der Waals surface area contributed by atoms with Crippen molar-refractivity contribution in [3.8, 4) is 0 Å². The summed E-state index contributed by atoms with van der Waals surface area (Å²) in [6, 6.07) is -1.30. The Balaban J connectivity index is 4.47. The van der Waals surface area contributed by atoms with Crippen molar-refractivity contribution in [2.24, 2.45) is 0 Å². The average molecular weight is 328 g/mol. The van der Waals surface area contributed by atoms with E-state index in [1.54, 1.807) is 7.05 Å². The standard InChI is InChI=1S/C16H28N2O5/c1-4-7-12(20)10-14(17-3)16(23)18-13(11(2)19)8-5-6-9-15(21)22/h13-14,17H,4-10H2,1-3H3,(H,18,23)(H,21,22). The van der Waals surface area contributed by atoms with Crippen LogP contribution < -0.4 is 10.6 Å². The van der Waals surface area contributed by atoms with Gasteiger partial charge in [-0.3, -0.25) is 19.2 Å². The Morgan fingerprint density at radius 3 is 2.17 bits per heavy atom. The third-order valence-electron chi connectivity index (χ3n) is 3.57. The van der Waals surface area contributed by atoms with E-state index in [2.05, 4.69) is 10.6 Å². The summed E-state index contributed by atoms with van der Waals surface area (Å²) in [7, 11) is 1.60. The lowest BCUT2D eigenvalue weighted by molar-refractivity contribution is -0.137. The van der Waals surface area contributed by atoms with Crippen LogP contribution in [0.4, 0.5) is 0 Å². The number of aliphatic carboxylic acids is 1. The molecule has 1 amide bonds. The van der Waals surface area contributed by atoms with Crippen LogP contribution >= 0.6 is 0 Å². The van der Waals surface area contributed by atoms with Gasteiger partial charge in [0.15, 0.2) is 5.78 Å². The van der Waals surface area contributed by atoms with E-state index >= 15 is 0 Å². The number of nitrogens with one attached hydrogen (secondary N) is 2. The van der Waals surface area contributed by atoms with Gasteiger partial charge in [0.1, 0.15) is 5.78 Å². The zero-order valence-corrected chi connectivity index (χ0v) is 14.2. The molecule has 0 fully saturated rings. The number of hydrogen-bond donors (Lipinski definition) is 3. The van der Waals surface area contributed by atoms with E-state index in [9.17, 15) is 19.2 Å². The number of hydrogen-bond acceptors (Lipinski definition) is 5.